The number of hydrogen-bond donors (Lipinski definition) is 8. The van der Waals surface area contributed by atoms with Gasteiger partial charge < -0.3 is 36.9 Å². The van der Waals surface area contributed by atoms with Crippen molar-refractivity contribution >= 4 is 58.1 Å². The smallest absolute Gasteiger partial charge is 0.243 e. The normalized spacial score (nSPS) is 28.5. The number of thioether (sulfide) groups is 1. The highest BCUT2D eigenvalue weighted by molar-refractivity contribution is 8.01. The summed E-state index contributed by atoms with van der Waals surface area (Å²) in [6, 6.07) is 1.23. The molecule has 2 bridgehead atoms. The van der Waals surface area contributed by atoms with Crippen LogP contribution in [0.15, 0.2) is 30.5 Å². The fraction of sp³-hybridized carbons (Fsp3) is 0.674. The minimum Gasteiger partial charge on any atom is -0.361 e. The monoisotopic (exact) mass is 824 g/mol. The molecule has 15 heteroatoms. The Labute approximate surface area is 348 Å². The minimum atomic E-state index is -1.15. The fourth-order valence-corrected chi connectivity index (χ4v) is 9.34. The lowest BCUT2D eigenvalue weighted by Gasteiger charge is -2.34. The average molecular weight is 825 g/mol. The van der Waals surface area contributed by atoms with Gasteiger partial charge in [-0.25, -0.2) is 0 Å². The zero-order valence-corrected chi connectivity index (χ0v) is 37.4. The van der Waals surface area contributed by atoms with Crippen LogP contribution in [0.1, 0.15) is 102 Å². The number of rotatable bonds is 7. The van der Waals surface area contributed by atoms with Crippen LogP contribution in [-0.2, 0) is 35.2 Å². The van der Waals surface area contributed by atoms with Crippen LogP contribution in [0.3, 0.4) is 0 Å². The molecule has 8 atom stereocenters. The summed E-state index contributed by atoms with van der Waals surface area (Å²) in [7, 11) is 0. The molecule has 1 aromatic heterocycles. The Hall–Kier alpha value is -4.11. The fourth-order valence-electron chi connectivity index (χ4n) is 7.64. The van der Waals surface area contributed by atoms with E-state index in [9.17, 15) is 28.8 Å². The molecule has 2 aromatic rings. The Kier molecular flexibility index (Phi) is 15.1. The van der Waals surface area contributed by atoms with Gasteiger partial charge in [0.1, 0.15) is 36.3 Å². The van der Waals surface area contributed by atoms with E-state index in [0.29, 0.717) is 0 Å². The number of nitrogens with one attached hydrogen (secondary N) is 8. The van der Waals surface area contributed by atoms with Crippen molar-refractivity contribution in [2.24, 2.45) is 29.1 Å². The van der Waals surface area contributed by atoms with Gasteiger partial charge >= 0.3 is 0 Å². The summed E-state index contributed by atoms with van der Waals surface area (Å²) in [6.45, 7) is 24.5. The summed E-state index contributed by atoms with van der Waals surface area (Å²) in [6.07, 6.45) is 2.13. The zero-order chi connectivity index (χ0) is 43.4. The predicted octanol–water partition coefficient (Wildman–Crippen LogP) is 3.50. The Bertz CT molecular complexity index is 1820. The van der Waals surface area contributed by atoms with Crippen molar-refractivity contribution in [1.29, 1.82) is 0 Å². The number of carbonyl (C=O) groups excluding carboxylic acids is 6. The first-order valence-corrected chi connectivity index (χ1v) is 21.6. The number of hydrogen-bond acceptors (Lipinski definition) is 8. The Morgan fingerprint density at radius 2 is 1.21 bits per heavy atom. The molecule has 0 radical (unpaired) electrons. The van der Waals surface area contributed by atoms with Crippen molar-refractivity contribution in [2.75, 3.05) is 0 Å². The van der Waals surface area contributed by atoms with E-state index in [-0.39, 0.29) is 47.8 Å². The Morgan fingerprint density at radius 3 is 1.78 bits per heavy atom. The third-order valence-electron chi connectivity index (χ3n) is 11.1. The van der Waals surface area contributed by atoms with Gasteiger partial charge in [-0.05, 0) is 61.0 Å². The highest BCUT2D eigenvalue weighted by atomic mass is 32.2. The van der Waals surface area contributed by atoms with Crippen molar-refractivity contribution in [2.45, 2.75) is 155 Å². The maximum atomic E-state index is 14.5. The molecule has 0 spiro atoms. The molecular weight excluding hydrogens is 757 g/mol. The number of aromatic amines is 1. The molecule has 3 heterocycles. The second-order valence-electron chi connectivity index (χ2n) is 19.1. The van der Waals surface area contributed by atoms with Gasteiger partial charge in [-0.1, -0.05) is 94.4 Å². The summed E-state index contributed by atoms with van der Waals surface area (Å²) >= 11 is 1.53. The molecule has 322 valence electrons. The van der Waals surface area contributed by atoms with Gasteiger partial charge in [-0.15, -0.1) is 11.8 Å². The minimum absolute atomic E-state index is 0.0340. The van der Waals surface area contributed by atoms with E-state index in [2.05, 4.69) is 42.2 Å². The molecule has 1 unspecified atom stereocenters. The topological polar surface area (TPSA) is 202 Å². The molecule has 2 fully saturated rings. The van der Waals surface area contributed by atoms with E-state index in [1.807, 2.05) is 100 Å². The molecule has 58 heavy (non-hydrogen) atoms. The van der Waals surface area contributed by atoms with Crippen LogP contribution in [0.25, 0.3) is 10.9 Å². The van der Waals surface area contributed by atoms with Crippen molar-refractivity contribution in [3.05, 3.63) is 36.0 Å². The summed E-state index contributed by atoms with van der Waals surface area (Å²) in [5.74, 6) is -3.79. The summed E-state index contributed by atoms with van der Waals surface area (Å²) in [4.78, 5) is 88.7. The first kappa shape index (κ1) is 46.6. The number of carbonyl (C=O) groups is 6. The predicted molar refractivity (Wildman–Crippen MR) is 229 cm³/mol. The molecule has 6 amide bonds. The number of amides is 6. The van der Waals surface area contributed by atoms with Crippen LogP contribution in [-0.4, -0.2) is 92.8 Å². The molecule has 2 aliphatic heterocycles. The summed E-state index contributed by atoms with van der Waals surface area (Å²) < 4.78 is -0.653. The molecule has 8 N–H and O–H groups in total. The van der Waals surface area contributed by atoms with Crippen molar-refractivity contribution in [1.82, 2.24) is 42.2 Å². The third kappa shape index (κ3) is 11.3. The second-order valence-corrected chi connectivity index (χ2v) is 20.9. The molecule has 0 saturated carbocycles. The van der Waals surface area contributed by atoms with Gasteiger partial charge in [-0.2, -0.15) is 0 Å². The lowest BCUT2D eigenvalue weighted by Crippen LogP contribution is -2.63. The van der Waals surface area contributed by atoms with E-state index in [1.54, 1.807) is 20.0 Å². The lowest BCUT2D eigenvalue weighted by atomic mass is 9.85. The van der Waals surface area contributed by atoms with Crippen LogP contribution in [0.2, 0.25) is 0 Å². The maximum Gasteiger partial charge on any atom is 0.243 e. The van der Waals surface area contributed by atoms with Crippen molar-refractivity contribution in [3.63, 3.8) is 0 Å². The molecule has 14 nitrogen and oxygen atoms in total. The standard InChI is InChI=1S/C43H68N8O6S/c1-21(2)18-28-36(53)47-30(22(3)4)37(54)48-31(23(5)6)38(55)49-32(24(7)8)41-51-34(43(12,13)58-41)40(57)50-33(42(9,10)11)39(56)46-29(35(52)45-28)19-25-20-44-27-17-15-14-16-26(25)27/h14-17,20-24,28-34,41,44,51H,18-19H2,1-13H3,(H,45,52)(H,46,56)(H,47,53)(H,48,54)(H,49,55)(H,50,57)/t28-,29+,30+,31-,32+,33+,34-,41?/m1/s1. The molecule has 4 rings (SSSR count). The zero-order valence-electron chi connectivity index (χ0n) is 36.6. The van der Waals surface area contributed by atoms with Crippen molar-refractivity contribution < 1.29 is 28.8 Å². The van der Waals surface area contributed by atoms with Gasteiger partial charge in [0.25, 0.3) is 0 Å². The summed E-state index contributed by atoms with van der Waals surface area (Å²) in [5.41, 5.74) is 0.862. The average Bonchev–Trinajstić information content (AvgIpc) is 3.67. The summed E-state index contributed by atoms with van der Waals surface area (Å²) in [5, 5.41) is 21.8. The number of para-hydroxylation sites is 1. The van der Waals surface area contributed by atoms with E-state index < -0.39 is 82.0 Å². The van der Waals surface area contributed by atoms with Gasteiger partial charge in [-0.3, -0.25) is 34.1 Å². The third-order valence-corrected chi connectivity index (χ3v) is 12.6. The van der Waals surface area contributed by atoms with Gasteiger partial charge in [0, 0.05) is 28.3 Å². The molecule has 1 aromatic carbocycles. The van der Waals surface area contributed by atoms with E-state index in [4.69, 9.17) is 0 Å². The second kappa shape index (κ2) is 18.9. The van der Waals surface area contributed by atoms with Crippen LogP contribution < -0.4 is 37.2 Å². The number of benzene rings is 1. The van der Waals surface area contributed by atoms with Gasteiger partial charge in [0.2, 0.25) is 35.4 Å². The van der Waals surface area contributed by atoms with Crippen LogP contribution in [0, 0.1) is 29.1 Å². The molecule has 2 saturated heterocycles. The van der Waals surface area contributed by atoms with E-state index >= 15 is 0 Å². The molecule has 2 aliphatic rings. The molecule has 0 aliphatic carbocycles. The van der Waals surface area contributed by atoms with Crippen LogP contribution >= 0.6 is 11.8 Å². The molecular formula is C43H68N8O6S. The van der Waals surface area contributed by atoms with Gasteiger partial charge in [0.05, 0.1) is 11.4 Å². The number of aromatic nitrogens is 1. The highest BCUT2D eigenvalue weighted by Gasteiger charge is 2.50. The van der Waals surface area contributed by atoms with E-state index in [1.165, 1.54) is 11.8 Å². The van der Waals surface area contributed by atoms with Gasteiger partial charge in [0.15, 0.2) is 0 Å². The van der Waals surface area contributed by atoms with Crippen molar-refractivity contribution in [3.8, 4) is 0 Å². The SMILES string of the molecule is CC(C)C[C@H]1NC(=O)[C@H](Cc2c[nH]c3ccccc23)NC(=O)[C@@H](C(C)(C)C)NC(=O)[C@H]2NC(SC2(C)C)[C@H](C(C)C)NC(=O)[C@@H](C(C)C)NC(=O)[C@H](C(C)C)NC1=O. The Morgan fingerprint density at radius 1 is 0.655 bits per heavy atom. The lowest BCUT2D eigenvalue weighted by molar-refractivity contribution is -0.136. The first-order chi connectivity index (χ1) is 26.9. The van der Waals surface area contributed by atoms with E-state index in [0.717, 1.165) is 16.5 Å². The number of H-pyrrole nitrogens is 1. The van der Waals surface area contributed by atoms with Crippen LogP contribution in [0.5, 0.6) is 0 Å². The first-order valence-electron chi connectivity index (χ1n) is 20.7. The highest BCUT2D eigenvalue weighted by Crippen LogP contribution is 2.40. The largest absolute Gasteiger partial charge is 0.361 e. The number of fused-ring (bicyclic) bond motifs is 3. The quantitative estimate of drug-likeness (QED) is 0.207. The van der Waals surface area contributed by atoms with Crippen LogP contribution in [0.4, 0.5) is 0 Å². The Balaban J connectivity index is 1.83. The maximum absolute atomic E-state index is 14.5.